The second kappa shape index (κ2) is 4.35. The molecule has 6 nitrogen and oxygen atoms in total. The lowest BCUT2D eigenvalue weighted by molar-refractivity contribution is -0.155. The van der Waals surface area contributed by atoms with E-state index in [1.807, 2.05) is 0 Å². The Bertz CT molecular complexity index is 403. The predicted octanol–water partition coefficient (Wildman–Crippen LogP) is 0.193. The van der Waals surface area contributed by atoms with Crippen molar-refractivity contribution in [2.45, 2.75) is 33.2 Å². The molecule has 3 N–H and O–H groups in total. The summed E-state index contributed by atoms with van der Waals surface area (Å²) < 4.78 is 4.70. The Labute approximate surface area is 105 Å². The maximum atomic E-state index is 12.3. The van der Waals surface area contributed by atoms with Crippen LogP contribution in [-0.2, 0) is 19.1 Å². The Kier molecular flexibility index (Phi) is 3.53. The molecule has 0 bridgehead atoms. The molecule has 0 radical (unpaired) electrons. The first-order chi connectivity index (χ1) is 8.13. The highest BCUT2D eigenvalue weighted by Gasteiger charge is 2.78. The normalized spacial score (nSPS) is 30.4. The van der Waals surface area contributed by atoms with Gasteiger partial charge in [0.15, 0.2) is 5.78 Å². The van der Waals surface area contributed by atoms with E-state index in [9.17, 15) is 14.4 Å². The van der Waals surface area contributed by atoms with Crippen LogP contribution in [0.4, 0.5) is 0 Å². The third-order valence-electron chi connectivity index (χ3n) is 4.29. The molecule has 1 fully saturated rings. The van der Waals surface area contributed by atoms with Crippen LogP contribution < -0.4 is 5.73 Å². The van der Waals surface area contributed by atoms with Crippen molar-refractivity contribution < 1.29 is 24.2 Å². The smallest absolute Gasteiger partial charge is 0.320 e. The van der Waals surface area contributed by atoms with E-state index in [2.05, 4.69) is 0 Å². The highest BCUT2D eigenvalue weighted by Crippen LogP contribution is 2.69. The molecule has 6 heteroatoms. The van der Waals surface area contributed by atoms with Crippen LogP contribution >= 0.6 is 0 Å². The number of ketones is 1. The van der Waals surface area contributed by atoms with Gasteiger partial charge < -0.3 is 15.6 Å². The van der Waals surface area contributed by atoms with Gasteiger partial charge in [-0.3, -0.25) is 14.4 Å². The van der Waals surface area contributed by atoms with Crippen LogP contribution in [0.15, 0.2) is 0 Å². The zero-order chi connectivity index (χ0) is 14.3. The Morgan fingerprint density at radius 1 is 1.39 bits per heavy atom. The quantitative estimate of drug-likeness (QED) is 0.538. The first-order valence-electron chi connectivity index (χ1n) is 5.74. The average molecular weight is 257 g/mol. The van der Waals surface area contributed by atoms with Crippen molar-refractivity contribution in [1.82, 2.24) is 0 Å². The maximum absolute atomic E-state index is 12.3. The van der Waals surface area contributed by atoms with Gasteiger partial charge in [0.25, 0.3) is 0 Å². The van der Waals surface area contributed by atoms with E-state index in [0.717, 1.165) is 0 Å². The van der Waals surface area contributed by atoms with Crippen molar-refractivity contribution in [2.24, 2.45) is 22.5 Å². The molecule has 0 amide bonds. The lowest BCUT2D eigenvalue weighted by Crippen LogP contribution is -2.44. The van der Waals surface area contributed by atoms with Crippen LogP contribution in [0.1, 0.15) is 27.2 Å². The van der Waals surface area contributed by atoms with Gasteiger partial charge in [-0.2, -0.15) is 0 Å². The van der Waals surface area contributed by atoms with Gasteiger partial charge in [0.05, 0.1) is 19.6 Å². The standard InChI is InChI=1S/C12H19NO5/c1-6-11(2,3)12(6,10(17)18-4)9(16)7(13)5-8(14)15/h6-7H,5,13H2,1-4H3,(H,14,15)/t6-,7+,12+/m1/s1. The molecule has 18 heavy (non-hydrogen) atoms. The summed E-state index contributed by atoms with van der Waals surface area (Å²) >= 11 is 0. The molecule has 0 aromatic rings. The van der Waals surface area contributed by atoms with E-state index in [1.54, 1.807) is 20.8 Å². The zero-order valence-electron chi connectivity index (χ0n) is 11.0. The first kappa shape index (κ1) is 14.6. The number of ether oxygens (including phenoxy) is 1. The Balaban J connectivity index is 3.06. The van der Waals surface area contributed by atoms with E-state index in [0.29, 0.717) is 0 Å². The van der Waals surface area contributed by atoms with Crippen LogP contribution in [0.25, 0.3) is 0 Å². The number of carboxylic acid groups (broad SMARTS) is 1. The van der Waals surface area contributed by atoms with Crippen LogP contribution in [-0.4, -0.2) is 36.0 Å². The van der Waals surface area contributed by atoms with Crippen molar-refractivity contribution in [3.8, 4) is 0 Å². The van der Waals surface area contributed by atoms with Crippen molar-refractivity contribution in [1.29, 1.82) is 0 Å². The van der Waals surface area contributed by atoms with Gasteiger partial charge >= 0.3 is 11.9 Å². The van der Waals surface area contributed by atoms with Gasteiger partial charge in [-0.25, -0.2) is 0 Å². The fraction of sp³-hybridized carbons (Fsp3) is 0.750. The molecule has 0 heterocycles. The summed E-state index contributed by atoms with van der Waals surface area (Å²) in [5, 5.41) is 8.66. The number of methoxy groups -OCH3 is 1. The van der Waals surface area contributed by atoms with Gasteiger partial charge in [0, 0.05) is 0 Å². The highest BCUT2D eigenvalue weighted by molar-refractivity contribution is 6.11. The zero-order valence-corrected chi connectivity index (χ0v) is 11.0. The molecule has 1 saturated carbocycles. The average Bonchev–Trinajstić information content (AvgIpc) is 2.71. The molecule has 1 aliphatic rings. The number of aliphatic carboxylic acids is 1. The van der Waals surface area contributed by atoms with Gasteiger partial charge in [0.2, 0.25) is 0 Å². The van der Waals surface area contributed by atoms with Gasteiger partial charge in [0.1, 0.15) is 5.41 Å². The number of carbonyl (C=O) groups excluding carboxylic acids is 2. The fourth-order valence-corrected chi connectivity index (χ4v) is 2.83. The topological polar surface area (TPSA) is 107 Å². The number of nitrogens with two attached hydrogens (primary N) is 1. The summed E-state index contributed by atoms with van der Waals surface area (Å²) in [6.07, 6.45) is -0.486. The fourth-order valence-electron chi connectivity index (χ4n) is 2.83. The van der Waals surface area contributed by atoms with Crippen LogP contribution in [0, 0.1) is 16.7 Å². The lowest BCUT2D eigenvalue weighted by Gasteiger charge is -2.20. The van der Waals surface area contributed by atoms with Crippen molar-refractivity contribution in [3.63, 3.8) is 0 Å². The van der Waals surface area contributed by atoms with Gasteiger partial charge in [-0.15, -0.1) is 0 Å². The molecule has 0 saturated heterocycles. The Hall–Kier alpha value is -1.43. The minimum Gasteiger partial charge on any atom is -0.481 e. The van der Waals surface area contributed by atoms with E-state index >= 15 is 0 Å². The number of esters is 1. The summed E-state index contributed by atoms with van der Waals surface area (Å²) in [4.78, 5) is 34.8. The number of Topliss-reactive ketones (excluding diaryl/α,β-unsaturated/α-hetero) is 1. The minimum absolute atomic E-state index is 0.218. The molecule has 1 rings (SSSR count). The third-order valence-corrected chi connectivity index (χ3v) is 4.29. The van der Waals surface area contributed by atoms with Crippen molar-refractivity contribution in [2.75, 3.05) is 7.11 Å². The molecular weight excluding hydrogens is 238 g/mol. The van der Waals surface area contributed by atoms with E-state index in [1.165, 1.54) is 7.11 Å². The first-order valence-corrected chi connectivity index (χ1v) is 5.74. The minimum atomic E-state index is -1.31. The van der Waals surface area contributed by atoms with Crippen LogP contribution in [0.5, 0.6) is 0 Å². The SMILES string of the molecule is COC(=O)[C@@]1(C(=O)[C@@H](N)CC(=O)O)[C@H](C)C1(C)C. The van der Waals surface area contributed by atoms with Gasteiger partial charge in [-0.1, -0.05) is 20.8 Å². The van der Waals surface area contributed by atoms with Gasteiger partial charge in [-0.05, 0) is 11.3 Å². The molecule has 3 atom stereocenters. The molecule has 0 spiro atoms. The maximum Gasteiger partial charge on any atom is 0.320 e. The largest absolute Gasteiger partial charge is 0.481 e. The number of hydrogen-bond acceptors (Lipinski definition) is 5. The molecule has 0 aliphatic heterocycles. The second-order valence-corrected chi connectivity index (χ2v) is 5.31. The number of rotatable bonds is 5. The van der Waals surface area contributed by atoms with E-state index < -0.39 is 41.0 Å². The summed E-state index contributed by atoms with van der Waals surface area (Å²) in [6.45, 7) is 5.32. The Morgan fingerprint density at radius 3 is 2.11 bits per heavy atom. The van der Waals surface area contributed by atoms with Crippen molar-refractivity contribution in [3.05, 3.63) is 0 Å². The summed E-state index contributed by atoms with van der Waals surface area (Å²) in [5.41, 5.74) is 3.71. The number of carbonyl (C=O) groups is 3. The predicted molar refractivity (Wildman–Crippen MR) is 62.6 cm³/mol. The van der Waals surface area contributed by atoms with Crippen molar-refractivity contribution >= 4 is 17.7 Å². The number of hydrogen-bond donors (Lipinski definition) is 2. The second-order valence-electron chi connectivity index (χ2n) is 5.31. The lowest BCUT2D eigenvalue weighted by atomic mass is 9.86. The molecule has 1 aliphatic carbocycles. The summed E-state index contributed by atoms with van der Waals surface area (Å²) in [6, 6.07) is -1.19. The van der Waals surface area contributed by atoms with E-state index in [4.69, 9.17) is 15.6 Å². The number of carboxylic acids is 1. The highest BCUT2D eigenvalue weighted by atomic mass is 16.5. The van der Waals surface area contributed by atoms with Crippen LogP contribution in [0.3, 0.4) is 0 Å². The van der Waals surface area contributed by atoms with Crippen LogP contribution in [0.2, 0.25) is 0 Å². The molecule has 0 aromatic carbocycles. The monoisotopic (exact) mass is 257 g/mol. The van der Waals surface area contributed by atoms with E-state index in [-0.39, 0.29) is 5.92 Å². The summed E-state index contributed by atoms with van der Waals surface area (Å²) in [5.74, 6) is -2.56. The molecular formula is C12H19NO5. The third kappa shape index (κ3) is 1.71. The molecule has 0 unspecified atom stereocenters. The summed E-state index contributed by atoms with van der Waals surface area (Å²) in [7, 11) is 1.21. The molecule has 102 valence electrons. The Morgan fingerprint density at radius 2 is 1.83 bits per heavy atom. The molecule has 0 aromatic heterocycles.